The van der Waals surface area contributed by atoms with Crippen LogP contribution in [0.5, 0.6) is 0 Å². The number of hydrogen-bond donors (Lipinski definition) is 1. The van der Waals surface area contributed by atoms with Crippen molar-refractivity contribution in [2.75, 3.05) is 19.6 Å². The Kier molecular flexibility index (Phi) is 7.53. The van der Waals surface area contributed by atoms with Gasteiger partial charge in [-0.25, -0.2) is 0 Å². The molecule has 1 amide bonds. The molecule has 0 aliphatic carbocycles. The van der Waals surface area contributed by atoms with E-state index in [1.165, 1.54) is 0 Å². The third-order valence-electron chi connectivity index (χ3n) is 5.98. The van der Waals surface area contributed by atoms with Crippen molar-refractivity contribution in [2.45, 2.75) is 60.0 Å². The van der Waals surface area contributed by atoms with Gasteiger partial charge in [-0.1, -0.05) is 13.8 Å². The fourth-order valence-electron chi connectivity index (χ4n) is 3.98. The van der Waals surface area contributed by atoms with Crippen LogP contribution in [0.3, 0.4) is 0 Å². The van der Waals surface area contributed by atoms with Crippen LogP contribution in [0.2, 0.25) is 0 Å². The molecule has 1 saturated heterocycles. The van der Waals surface area contributed by atoms with Gasteiger partial charge in [-0.2, -0.15) is 0 Å². The number of amides is 1. The van der Waals surface area contributed by atoms with Crippen molar-refractivity contribution < 1.29 is 9.21 Å². The summed E-state index contributed by atoms with van der Waals surface area (Å²) in [5, 5.41) is 3.02. The summed E-state index contributed by atoms with van der Waals surface area (Å²) in [6.07, 6.45) is 4.78. The molecule has 164 valence electrons. The molecular formula is C24H35N3O3. The van der Waals surface area contributed by atoms with Gasteiger partial charge in [0.15, 0.2) is 0 Å². The standard InChI is InChI=1S/C24H35N3O3/c1-17(2)7-13-27-14-8-18(3)22(24(27)29)23(28)25-15-20-9-11-26(12-10-20)16-21-6-5-19(4)30-21/h5-6,8,14,17,20H,7,9-13,15-16H2,1-4H3,(H,25,28). The number of hydrogen-bond acceptors (Lipinski definition) is 4. The van der Waals surface area contributed by atoms with Crippen LogP contribution in [0.15, 0.2) is 33.6 Å². The van der Waals surface area contributed by atoms with Gasteiger partial charge in [0, 0.05) is 19.3 Å². The topological polar surface area (TPSA) is 67.5 Å². The Morgan fingerprint density at radius 2 is 1.93 bits per heavy atom. The van der Waals surface area contributed by atoms with E-state index in [0.717, 1.165) is 56.0 Å². The molecule has 1 aliphatic heterocycles. The lowest BCUT2D eigenvalue weighted by molar-refractivity contribution is 0.0931. The first-order valence-corrected chi connectivity index (χ1v) is 11.1. The molecule has 3 rings (SSSR count). The molecule has 0 unspecified atom stereocenters. The summed E-state index contributed by atoms with van der Waals surface area (Å²) < 4.78 is 7.34. The summed E-state index contributed by atoms with van der Waals surface area (Å²) in [5.74, 6) is 2.66. The van der Waals surface area contributed by atoms with E-state index in [-0.39, 0.29) is 17.0 Å². The van der Waals surface area contributed by atoms with Crippen molar-refractivity contribution in [1.29, 1.82) is 0 Å². The number of nitrogens with zero attached hydrogens (tertiary/aromatic N) is 2. The molecule has 6 nitrogen and oxygen atoms in total. The second-order valence-corrected chi connectivity index (χ2v) is 9.00. The molecule has 2 aromatic rings. The van der Waals surface area contributed by atoms with E-state index in [1.54, 1.807) is 10.8 Å². The average molecular weight is 414 g/mol. The number of rotatable bonds is 8. The Morgan fingerprint density at radius 3 is 2.57 bits per heavy atom. The molecule has 1 N–H and O–H groups in total. The van der Waals surface area contributed by atoms with Crippen molar-refractivity contribution in [2.24, 2.45) is 11.8 Å². The van der Waals surface area contributed by atoms with E-state index >= 15 is 0 Å². The van der Waals surface area contributed by atoms with Crippen LogP contribution in [-0.4, -0.2) is 35.0 Å². The van der Waals surface area contributed by atoms with Crippen LogP contribution < -0.4 is 10.9 Å². The zero-order valence-corrected chi connectivity index (χ0v) is 18.7. The van der Waals surface area contributed by atoms with Gasteiger partial charge in [-0.05, 0) is 81.8 Å². The van der Waals surface area contributed by atoms with Crippen LogP contribution in [0, 0.1) is 25.7 Å². The second kappa shape index (κ2) is 10.1. The number of likely N-dealkylation sites (tertiary alicyclic amines) is 1. The lowest BCUT2D eigenvalue weighted by Crippen LogP contribution is -2.40. The first-order valence-electron chi connectivity index (χ1n) is 11.1. The Balaban J connectivity index is 1.51. The van der Waals surface area contributed by atoms with Gasteiger partial charge >= 0.3 is 0 Å². The Morgan fingerprint density at radius 1 is 1.20 bits per heavy atom. The predicted molar refractivity (Wildman–Crippen MR) is 119 cm³/mol. The van der Waals surface area contributed by atoms with Crippen molar-refractivity contribution >= 4 is 5.91 Å². The highest BCUT2D eigenvalue weighted by molar-refractivity contribution is 5.95. The number of carbonyl (C=O) groups is 1. The van der Waals surface area contributed by atoms with Gasteiger partial charge in [0.05, 0.1) is 6.54 Å². The van der Waals surface area contributed by atoms with Crippen LogP contribution >= 0.6 is 0 Å². The number of furan rings is 1. The molecule has 6 heteroatoms. The fourth-order valence-corrected chi connectivity index (χ4v) is 3.98. The van der Waals surface area contributed by atoms with E-state index in [2.05, 4.69) is 24.1 Å². The Bertz CT molecular complexity index is 905. The molecule has 0 atom stereocenters. The zero-order valence-electron chi connectivity index (χ0n) is 18.7. The monoisotopic (exact) mass is 413 g/mol. The SMILES string of the molecule is Cc1ccc(CN2CCC(CNC(=O)c3c(C)ccn(CCC(C)C)c3=O)CC2)o1. The van der Waals surface area contributed by atoms with E-state index < -0.39 is 0 Å². The predicted octanol–water partition coefficient (Wildman–Crippen LogP) is 3.75. The number of pyridine rings is 1. The minimum absolute atomic E-state index is 0.184. The quantitative estimate of drug-likeness (QED) is 0.716. The normalized spacial score (nSPS) is 15.6. The fraction of sp³-hybridized carbons (Fsp3) is 0.583. The molecule has 1 aliphatic rings. The number of carbonyl (C=O) groups excluding carboxylic acids is 1. The third-order valence-corrected chi connectivity index (χ3v) is 5.98. The summed E-state index contributed by atoms with van der Waals surface area (Å²) in [5.41, 5.74) is 0.838. The Labute approximate surface area is 179 Å². The molecule has 0 saturated carbocycles. The highest BCUT2D eigenvalue weighted by Crippen LogP contribution is 2.19. The molecule has 0 spiro atoms. The van der Waals surface area contributed by atoms with Crippen LogP contribution in [0.25, 0.3) is 0 Å². The second-order valence-electron chi connectivity index (χ2n) is 9.00. The van der Waals surface area contributed by atoms with Gasteiger partial charge in [-0.3, -0.25) is 14.5 Å². The van der Waals surface area contributed by atoms with E-state index in [0.29, 0.717) is 24.9 Å². The first kappa shape index (κ1) is 22.3. The van der Waals surface area contributed by atoms with Crippen molar-refractivity contribution in [3.63, 3.8) is 0 Å². The number of piperidine rings is 1. The van der Waals surface area contributed by atoms with Gasteiger partial charge < -0.3 is 14.3 Å². The zero-order chi connectivity index (χ0) is 21.7. The summed E-state index contributed by atoms with van der Waals surface area (Å²) in [6.45, 7) is 12.1. The maximum atomic E-state index is 12.8. The minimum Gasteiger partial charge on any atom is -0.465 e. The molecule has 2 aromatic heterocycles. The summed E-state index contributed by atoms with van der Waals surface area (Å²) in [7, 11) is 0. The molecule has 0 aromatic carbocycles. The first-order chi connectivity index (χ1) is 14.3. The van der Waals surface area contributed by atoms with E-state index in [4.69, 9.17) is 4.42 Å². The van der Waals surface area contributed by atoms with Crippen LogP contribution in [0.4, 0.5) is 0 Å². The molecular weight excluding hydrogens is 378 g/mol. The summed E-state index contributed by atoms with van der Waals surface area (Å²) >= 11 is 0. The maximum absolute atomic E-state index is 12.8. The molecule has 0 bridgehead atoms. The van der Waals surface area contributed by atoms with Crippen molar-refractivity contribution in [1.82, 2.24) is 14.8 Å². The number of aromatic nitrogens is 1. The number of aryl methyl sites for hydroxylation is 3. The third kappa shape index (κ3) is 5.85. The molecule has 3 heterocycles. The highest BCUT2D eigenvalue weighted by atomic mass is 16.3. The largest absolute Gasteiger partial charge is 0.465 e. The lowest BCUT2D eigenvalue weighted by atomic mass is 9.96. The lowest BCUT2D eigenvalue weighted by Gasteiger charge is -2.31. The molecule has 0 radical (unpaired) electrons. The van der Waals surface area contributed by atoms with Crippen LogP contribution in [0.1, 0.15) is 60.6 Å². The van der Waals surface area contributed by atoms with Crippen molar-refractivity contribution in [3.8, 4) is 0 Å². The number of nitrogens with one attached hydrogen (secondary N) is 1. The van der Waals surface area contributed by atoms with Crippen molar-refractivity contribution in [3.05, 3.63) is 57.4 Å². The van der Waals surface area contributed by atoms with Gasteiger partial charge in [0.25, 0.3) is 11.5 Å². The van der Waals surface area contributed by atoms with Gasteiger partial charge in [-0.15, -0.1) is 0 Å². The maximum Gasteiger partial charge on any atom is 0.263 e. The van der Waals surface area contributed by atoms with Gasteiger partial charge in [0.2, 0.25) is 0 Å². The Hall–Kier alpha value is -2.34. The minimum atomic E-state index is -0.245. The van der Waals surface area contributed by atoms with E-state index in [1.807, 2.05) is 32.0 Å². The highest BCUT2D eigenvalue weighted by Gasteiger charge is 2.22. The van der Waals surface area contributed by atoms with Gasteiger partial charge in [0.1, 0.15) is 17.1 Å². The molecule has 1 fully saturated rings. The molecule has 30 heavy (non-hydrogen) atoms. The van der Waals surface area contributed by atoms with E-state index in [9.17, 15) is 9.59 Å². The smallest absolute Gasteiger partial charge is 0.263 e. The summed E-state index contributed by atoms with van der Waals surface area (Å²) in [4.78, 5) is 28.0. The average Bonchev–Trinajstić information content (AvgIpc) is 3.11. The summed E-state index contributed by atoms with van der Waals surface area (Å²) in [6, 6.07) is 5.91. The van der Waals surface area contributed by atoms with Crippen LogP contribution in [-0.2, 0) is 13.1 Å².